The zero-order valence-corrected chi connectivity index (χ0v) is 64.5. The molecule has 0 bridgehead atoms. The molecule has 644 valence electrons. The molecule has 112 heavy (non-hydrogen) atoms. The summed E-state index contributed by atoms with van der Waals surface area (Å²) in [6.07, 6.45) is -17.1. The minimum absolute atomic E-state index is 0.0344. The fourth-order valence-electron chi connectivity index (χ4n) is 12.9. The largest absolute Gasteiger partial charge is 0.394 e. The monoisotopic (exact) mass is 1610 g/mol. The van der Waals surface area contributed by atoms with Crippen LogP contribution in [0.4, 0.5) is 0 Å². The maximum absolute atomic E-state index is 14.1. The van der Waals surface area contributed by atoms with E-state index in [2.05, 4.69) is 53.2 Å². The minimum atomic E-state index is -1.54. The molecule has 4 aliphatic rings. The summed E-state index contributed by atoms with van der Waals surface area (Å²) in [6, 6.07) is -7.87. The minimum Gasteiger partial charge on any atom is -0.394 e. The van der Waals surface area contributed by atoms with E-state index < -0.39 is 220 Å². The van der Waals surface area contributed by atoms with Crippen molar-refractivity contribution in [3.05, 3.63) is 0 Å². The van der Waals surface area contributed by atoms with Crippen LogP contribution >= 0.6 is 0 Å². The Bertz CT molecular complexity index is 2880. The Morgan fingerprint density at radius 3 is 0.830 bits per heavy atom. The normalized spacial score (nSPS) is 28.6. The number of Topliss-reactive ketones (excluding diaryl/α,β-unsaturated/α-hetero) is 1. The number of aliphatic hydroxyl groups is 12. The van der Waals surface area contributed by atoms with Crippen LogP contribution in [0.15, 0.2) is 0 Å². The molecule has 23 unspecified atom stereocenters. The third-order valence-electron chi connectivity index (χ3n) is 19.1. The Morgan fingerprint density at radius 1 is 0.304 bits per heavy atom. The average Bonchev–Trinajstić information content (AvgIpc) is 0.826. The maximum Gasteiger partial charge on any atom is 0.243 e. The quantitative estimate of drug-likeness (QED) is 0.0252. The van der Waals surface area contributed by atoms with Gasteiger partial charge in [-0.3, -0.25) is 52.7 Å². The zero-order chi connectivity index (χ0) is 83.0. The van der Waals surface area contributed by atoms with Gasteiger partial charge in [-0.2, -0.15) is 0 Å². The summed E-state index contributed by atoms with van der Waals surface area (Å²) in [5.74, 6) is -5.38. The molecule has 0 aromatic carbocycles. The van der Waals surface area contributed by atoms with Crippen LogP contribution in [0.2, 0.25) is 0 Å². The molecule has 23 atom stereocenters. The number of ketones is 1. The molecule has 0 aromatic rings. The fraction of sp³-hybridized carbons (Fsp3) is 0.845. The predicted octanol–water partition coefficient (Wildman–Crippen LogP) is -7.59. The molecule has 0 saturated carbocycles. The Balaban J connectivity index is 1.33. The summed E-state index contributed by atoms with van der Waals surface area (Å²) >= 11 is 0. The molecule has 4 heterocycles. The van der Waals surface area contributed by atoms with Crippen LogP contribution in [0.5, 0.6) is 0 Å². The van der Waals surface area contributed by atoms with Crippen LogP contribution in [0.1, 0.15) is 169 Å². The molecule has 41 nitrogen and oxygen atoms in total. The van der Waals surface area contributed by atoms with Crippen molar-refractivity contribution >= 4 is 64.9 Å². The highest BCUT2D eigenvalue weighted by Gasteiger charge is 2.49. The summed E-state index contributed by atoms with van der Waals surface area (Å²) in [4.78, 5) is 141. The molecule has 22 N–H and O–H groups in total. The summed E-state index contributed by atoms with van der Waals surface area (Å²) in [7, 11) is 0. The van der Waals surface area contributed by atoms with Gasteiger partial charge in [0.1, 0.15) is 109 Å². The van der Waals surface area contributed by atoms with E-state index in [0.717, 1.165) is 0 Å². The number of carbonyl (C=O) groups excluding carboxylic acids is 11. The number of hydrogen-bond acceptors (Lipinski definition) is 31. The van der Waals surface area contributed by atoms with Gasteiger partial charge in [-0.25, -0.2) is 0 Å². The van der Waals surface area contributed by atoms with Crippen LogP contribution in [0.3, 0.4) is 0 Å². The Kier molecular flexibility index (Phi) is 46.3. The molecule has 0 aliphatic carbocycles. The number of nitrogens with one attached hydrogen (secondary N) is 10. The topological polar surface area (TPSA) is 625 Å². The van der Waals surface area contributed by atoms with Crippen molar-refractivity contribution in [1.82, 2.24) is 53.2 Å². The molecule has 4 rings (SSSR count). The lowest BCUT2D eigenvalue weighted by molar-refractivity contribution is -0.270. The lowest BCUT2D eigenvalue weighted by Crippen LogP contribution is -2.64. The van der Waals surface area contributed by atoms with Gasteiger partial charge >= 0.3 is 0 Å². The van der Waals surface area contributed by atoms with Crippen LogP contribution in [-0.2, 0) is 90.6 Å². The lowest BCUT2D eigenvalue weighted by Gasteiger charge is -2.42. The second-order valence-corrected chi connectivity index (χ2v) is 28.4. The van der Waals surface area contributed by atoms with Crippen LogP contribution in [0.25, 0.3) is 0 Å². The van der Waals surface area contributed by atoms with E-state index in [-0.39, 0.29) is 129 Å². The van der Waals surface area contributed by atoms with Gasteiger partial charge in [-0.1, -0.05) is 0 Å². The summed E-state index contributed by atoms with van der Waals surface area (Å²) in [5.41, 5.74) is 0. The van der Waals surface area contributed by atoms with Crippen molar-refractivity contribution in [2.75, 3.05) is 72.5 Å². The summed E-state index contributed by atoms with van der Waals surface area (Å²) in [5, 5.41) is 149. The molecule has 10 amide bonds. The van der Waals surface area contributed by atoms with Gasteiger partial charge in [0.2, 0.25) is 59.1 Å². The molecule has 4 saturated heterocycles. The van der Waals surface area contributed by atoms with Crippen molar-refractivity contribution in [3.63, 3.8) is 0 Å². The van der Waals surface area contributed by atoms with Crippen LogP contribution < -0.4 is 53.2 Å². The van der Waals surface area contributed by atoms with Gasteiger partial charge in [-0.05, 0) is 116 Å². The van der Waals surface area contributed by atoms with Crippen LogP contribution in [-0.4, -0.2) is 339 Å². The van der Waals surface area contributed by atoms with E-state index in [1.807, 2.05) is 0 Å². The van der Waals surface area contributed by atoms with Gasteiger partial charge in [0, 0.05) is 99.4 Å². The standard InChI is InChI=1S/C71H124N10O31/c1-38(86)43(81-67(104)45(80-53(94)26-12-19-33-108-71-57(78-42(5)90)65(102)61(98)49(37-85)112-71)22-8-14-28-73-51(92)24-10-17-31-106-69-55(76-40(3)88)63(100)59(96)47(35-83)110-69)20-6-15-29-74-66(103)44(79-52(93)25-11-18-32-107-70-56(77-41(4)89)64(101)60(97)48(36-84)111-70)21-7-13-27-72-50(91)23-9-16-30-105-68-54(75-39(2)87)62(99)58(95)46(34-82)109-68/h43-49,54-65,68-71,82-85,95-102H,6-37H2,1-5H3,(H,72,91)(H,73,92)(H,74,103)(H,75,87)(H,76,88)(H,77,89)(H,78,90)(H,79,93)(H,80,94)(H,81,104). The molecular formula is C71H124N10O31. The third kappa shape index (κ3) is 34.6. The first kappa shape index (κ1) is 97.9. The first-order chi connectivity index (χ1) is 53.3. The third-order valence-corrected chi connectivity index (χ3v) is 19.1. The summed E-state index contributed by atoms with van der Waals surface area (Å²) < 4.78 is 45.3. The van der Waals surface area contributed by atoms with Crippen molar-refractivity contribution in [2.45, 2.75) is 310 Å². The van der Waals surface area contributed by atoms with Crippen molar-refractivity contribution in [2.24, 2.45) is 0 Å². The van der Waals surface area contributed by atoms with Gasteiger partial charge < -0.3 is 152 Å². The molecule has 4 fully saturated rings. The van der Waals surface area contributed by atoms with Gasteiger partial charge in [0.05, 0.1) is 32.5 Å². The van der Waals surface area contributed by atoms with E-state index in [0.29, 0.717) is 64.2 Å². The lowest BCUT2D eigenvalue weighted by atomic mass is 9.97. The van der Waals surface area contributed by atoms with E-state index in [9.17, 15) is 114 Å². The maximum atomic E-state index is 14.1. The van der Waals surface area contributed by atoms with E-state index in [1.54, 1.807) is 0 Å². The Hall–Kier alpha value is -6.43. The smallest absolute Gasteiger partial charge is 0.243 e. The highest BCUT2D eigenvalue weighted by Crippen LogP contribution is 2.27. The highest BCUT2D eigenvalue weighted by atomic mass is 16.7. The summed E-state index contributed by atoms with van der Waals surface area (Å²) in [6.45, 7) is 3.99. The number of unbranched alkanes of at least 4 members (excludes halogenated alkanes) is 7. The number of ether oxygens (including phenoxy) is 8. The van der Waals surface area contributed by atoms with Crippen molar-refractivity contribution in [3.8, 4) is 0 Å². The van der Waals surface area contributed by atoms with Gasteiger partial charge in [-0.15, -0.1) is 0 Å². The van der Waals surface area contributed by atoms with Gasteiger partial charge in [0.25, 0.3) is 0 Å². The Labute approximate surface area is 650 Å². The molecule has 0 spiro atoms. The molecule has 0 aromatic heterocycles. The SMILES string of the molecule is CC(=O)NC1C(OCCCCC(=O)NCCCCC(NC(=O)CCCCOC2OC(CO)C(O)C(O)C2NC(C)=O)C(=O)NCCCCC(NC(=O)C(CCCCNC(=O)CCCCOC2OC(CO)C(O)C(O)C2NC(C)=O)NC(=O)CCCCOC2OC(CO)C(O)C(O)C2NC(C)=O)C(C)=O)OC(CO)C(O)C1O. The van der Waals surface area contributed by atoms with E-state index >= 15 is 0 Å². The molecular weight excluding hydrogens is 1490 g/mol. The number of aliphatic hydroxyl groups excluding tert-OH is 12. The highest BCUT2D eigenvalue weighted by molar-refractivity contribution is 5.92. The molecule has 0 radical (unpaired) electrons. The van der Waals surface area contributed by atoms with Gasteiger partial charge in [0.15, 0.2) is 30.9 Å². The average molecular weight is 1610 g/mol. The number of amides is 10. The molecule has 41 heteroatoms. The van der Waals surface area contributed by atoms with Crippen molar-refractivity contribution < 1.29 is 152 Å². The number of carbonyl (C=O) groups is 11. The fourth-order valence-corrected chi connectivity index (χ4v) is 12.9. The first-order valence-corrected chi connectivity index (χ1v) is 38.6. The second kappa shape index (κ2) is 52.9. The number of hydrogen-bond donors (Lipinski definition) is 22. The van der Waals surface area contributed by atoms with Crippen LogP contribution in [0, 0.1) is 0 Å². The first-order valence-electron chi connectivity index (χ1n) is 38.6. The predicted molar refractivity (Wildman–Crippen MR) is 388 cm³/mol. The second-order valence-electron chi connectivity index (χ2n) is 28.4. The Morgan fingerprint density at radius 2 is 0.562 bits per heavy atom. The van der Waals surface area contributed by atoms with E-state index in [1.165, 1.54) is 34.6 Å². The van der Waals surface area contributed by atoms with E-state index in [4.69, 9.17) is 37.9 Å². The number of rotatable bonds is 53. The van der Waals surface area contributed by atoms with Crippen molar-refractivity contribution in [1.29, 1.82) is 0 Å². The zero-order valence-electron chi connectivity index (χ0n) is 64.5. The molecule has 4 aliphatic heterocycles.